The van der Waals surface area contributed by atoms with Crippen LogP contribution in [0.4, 0.5) is 0 Å². The smallest absolute Gasteiger partial charge is 0.239 e. The van der Waals surface area contributed by atoms with Gasteiger partial charge in [0, 0.05) is 17.6 Å². The highest BCUT2D eigenvalue weighted by Crippen LogP contribution is 2.29. The average molecular weight is 253 g/mol. The lowest BCUT2D eigenvalue weighted by molar-refractivity contribution is -0.133. The first kappa shape index (κ1) is 12.4. The molecule has 1 unspecified atom stereocenters. The number of hydrogen-bond donors (Lipinski definition) is 1. The second kappa shape index (κ2) is 5.07. The lowest BCUT2D eigenvalue weighted by atomic mass is 10.2. The van der Waals surface area contributed by atoms with Gasteiger partial charge in [0.2, 0.25) is 5.91 Å². The van der Waals surface area contributed by atoms with Crippen molar-refractivity contribution in [3.8, 4) is 0 Å². The molecule has 2 N–H and O–H groups in total. The van der Waals surface area contributed by atoms with Crippen LogP contribution < -0.4 is 5.73 Å². The molecular formula is C13H17ClN2O. The second-order valence-electron chi connectivity index (χ2n) is 4.62. The number of carbonyl (C=O) groups excluding carboxylic acids is 1. The normalized spacial score (nSPS) is 16.6. The highest BCUT2D eigenvalue weighted by molar-refractivity contribution is 6.30. The molecule has 1 aliphatic carbocycles. The van der Waals surface area contributed by atoms with Gasteiger partial charge in [0.1, 0.15) is 0 Å². The van der Waals surface area contributed by atoms with Gasteiger partial charge < -0.3 is 10.6 Å². The summed E-state index contributed by atoms with van der Waals surface area (Å²) in [5, 5.41) is 0.700. The molecule has 1 aromatic rings. The van der Waals surface area contributed by atoms with E-state index in [1.807, 2.05) is 29.2 Å². The third-order valence-corrected chi connectivity index (χ3v) is 3.14. The minimum Gasteiger partial charge on any atom is -0.334 e. The molecule has 1 saturated carbocycles. The summed E-state index contributed by atoms with van der Waals surface area (Å²) < 4.78 is 0. The van der Waals surface area contributed by atoms with E-state index in [0.29, 0.717) is 17.6 Å². The molecule has 0 heterocycles. The fourth-order valence-corrected chi connectivity index (χ4v) is 2.08. The fraction of sp³-hybridized carbons (Fsp3) is 0.462. The minimum absolute atomic E-state index is 0.0208. The highest BCUT2D eigenvalue weighted by atomic mass is 35.5. The van der Waals surface area contributed by atoms with Crippen molar-refractivity contribution in [1.29, 1.82) is 0 Å². The summed E-state index contributed by atoms with van der Waals surface area (Å²) in [6, 6.07) is 7.54. The molecule has 4 heteroatoms. The van der Waals surface area contributed by atoms with Crippen molar-refractivity contribution in [2.45, 2.75) is 38.4 Å². The number of hydrogen-bond acceptors (Lipinski definition) is 2. The van der Waals surface area contributed by atoms with E-state index < -0.39 is 6.04 Å². The molecular weight excluding hydrogens is 236 g/mol. The molecule has 1 atom stereocenters. The summed E-state index contributed by atoms with van der Waals surface area (Å²) in [6.07, 6.45) is 2.16. The first-order valence-electron chi connectivity index (χ1n) is 5.88. The number of halogens is 1. The molecule has 1 aromatic carbocycles. The third kappa shape index (κ3) is 3.20. The summed E-state index contributed by atoms with van der Waals surface area (Å²) >= 11 is 5.94. The van der Waals surface area contributed by atoms with Gasteiger partial charge in [-0.25, -0.2) is 0 Å². The summed E-state index contributed by atoms with van der Waals surface area (Å²) in [5.74, 6) is 0.0208. The van der Waals surface area contributed by atoms with Gasteiger partial charge in [0.15, 0.2) is 0 Å². The standard InChI is InChI=1S/C13H17ClN2O/c1-9(15)13(17)16(12-5-6-12)8-10-3-2-4-11(14)7-10/h2-4,7,9,12H,5-6,8,15H2,1H3. The van der Waals surface area contributed by atoms with Crippen LogP contribution in [0, 0.1) is 0 Å². The van der Waals surface area contributed by atoms with Crippen LogP contribution in [-0.4, -0.2) is 22.9 Å². The SMILES string of the molecule is CC(N)C(=O)N(Cc1cccc(Cl)c1)C1CC1. The lowest BCUT2D eigenvalue weighted by Gasteiger charge is -2.24. The maximum atomic E-state index is 12.0. The van der Waals surface area contributed by atoms with E-state index in [1.54, 1.807) is 6.92 Å². The van der Waals surface area contributed by atoms with Crippen molar-refractivity contribution in [3.63, 3.8) is 0 Å². The zero-order valence-electron chi connectivity index (χ0n) is 9.90. The number of carbonyl (C=O) groups is 1. The molecule has 1 aliphatic rings. The Balaban J connectivity index is 2.10. The van der Waals surface area contributed by atoms with Crippen LogP contribution in [0.15, 0.2) is 24.3 Å². The van der Waals surface area contributed by atoms with Gasteiger partial charge in [-0.3, -0.25) is 4.79 Å². The highest BCUT2D eigenvalue weighted by Gasteiger charge is 2.33. The van der Waals surface area contributed by atoms with E-state index in [1.165, 1.54) is 0 Å². The first-order valence-corrected chi connectivity index (χ1v) is 6.26. The van der Waals surface area contributed by atoms with Crippen LogP contribution in [-0.2, 0) is 11.3 Å². The maximum Gasteiger partial charge on any atom is 0.239 e. The van der Waals surface area contributed by atoms with Gasteiger partial charge in [-0.1, -0.05) is 23.7 Å². The molecule has 1 fully saturated rings. The monoisotopic (exact) mass is 252 g/mol. The van der Waals surface area contributed by atoms with Gasteiger partial charge in [0.05, 0.1) is 6.04 Å². The molecule has 92 valence electrons. The Morgan fingerprint density at radius 3 is 2.82 bits per heavy atom. The zero-order valence-corrected chi connectivity index (χ0v) is 10.7. The van der Waals surface area contributed by atoms with Gasteiger partial charge in [-0.05, 0) is 37.5 Å². The van der Waals surface area contributed by atoms with Crippen LogP contribution in [0.25, 0.3) is 0 Å². The number of rotatable bonds is 4. The summed E-state index contributed by atoms with van der Waals surface area (Å²) in [7, 11) is 0. The van der Waals surface area contributed by atoms with E-state index in [9.17, 15) is 4.79 Å². The van der Waals surface area contributed by atoms with Gasteiger partial charge >= 0.3 is 0 Å². The maximum absolute atomic E-state index is 12.0. The Morgan fingerprint density at radius 1 is 1.59 bits per heavy atom. The van der Waals surface area contributed by atoms with E-state index in [4.69, 9.17) is 17.3 Å². The van der Waals surface area contributed by atoms with E-state index in [-0.39, 0.29) is 5.91 Å². The molecule has 0 radical (unpaired) electrons. The predicted octanol–water partition coefficient (Wildman–Crippen LogP) is 2.18. The molecule has 17 heavy (non-hydrogen) atoms. The largest absolute Gasteiger partial charge is 0.334 e. The summed E-state index contributed by atoms with van der Waals surface area (Å²) in [5.41, 5.74) is 6.72. The van der Waals surface area contributed by atoms with Gasteiger partial charge in [-0.2, -0.15) is 0 Å². The van der Waals surface area contributed by atoms with Crippen molar-refractivity contribution >= 4 is 17.5 Å². The Labute approximate surface area is 107 Å². The van der Waals surface area contributed by atoms with Crippen LogP contribution in [0.1, 0.15) is 25.3 Å². The second-order valence-corrected chi connectivity index (χ2v) is 5.05. The average Bonchev–Trinajstić information content (AvgIpc) is 3.09. The Bertz CT molecular complexity index is 416. The number of nitrogens with zero attached hydrogens (tertiary/aromatic N) is 1. The fourth-order valence-electron chi connectivity index (χ4n) is 1.87. The third-order valence-electron chi connectivity index (χ3n) is 2.90. The quantitative estimate of drug-likeness (QED) is 0.893. The van der Waals surface area contributed by atoms with Crippen LogP contribution in [0.5, 0.6) is 0 Å². The summed E-state index contributed by atoms with van der Waals surface area (Å²) in [6.45, 7) is 2.33. The summed E-state index contributed by atoms with van der Waals surface area (Å²) in [4.78, 5) is 13.9. The minimum atomic E-state index is -0.435. The Kier molecular flexibility index (Phi) is 3.69. The molecule has 0 saturated heterocycles. The molecule has 0 aromatic heterocycles. The number of nitrogens with two attached hydrogens (primary N) is 1. The van der Waals surface area contributed by atoms with Crippen molar-refractivity contribution in [2.24, 2.45) is 5.73 Å². The topological polar surface area (TPSA) is 46.3 Å². The van der Waals surface area contributed by atoms with Crippen molar-refractivity contribution in [3.05, 3.63) is 34.9 Å². The van der Waals surface area contributed by atoms with Crippen LogP contribution in [0.3, 0.4) is 0 Å². The molecule has 0 spiro atoms. The number of amides is 1. The van der Waals surface area contributed by atoms with Crippen molar-refractivity contribution in [1.82, 2.24) is 4.90 Å². The molecule has 2 rings (SSSR count). The van der Waals surface area contributed by atoms with E-state index in [2.05, 4.69) is 0 Å². The zero-order chi connectivity index (χ0) is 12.4. The van der Waals surface area contributed by atoms with Crippen LogP contribution in [0.2, 0.25) is 5.02 Å². The van der Waals surface area contributed by atoms with Crippen molar-refractivity contribution < 1.29 is 4.79 Å². The van der Waals surface area contributed by atoms with Crippen molar-refractivity contribution in [2.75, 3.05) is 0 Å². The van der Waals surface area contributed by atoms with E-state index >= 15 is 0 Å². The molecule has 1 amide bonds. The first-order chi connectivity index (χ1) is 8.08. The van der Waals surface area contributed by atoms with Crippen LogP contribution >= 0.6 is 11.6 Å². The molecule has 0 aliphatic heterocycles. The predicted molar refractivity (Wildman–Crippen MR) is 68.7 cm³/mol. The van der Waals surface area contributed by atoms with E-state index in [0.717, 1.165) is 18.4 Å². The number of benzene rings is 1. The Morgan fingerprint density at radius 2 is 2.29 bits per heavy atom. The lowest BCUT2D eigenvalue weighted by Crippen LogP contribution is -2.42. The Hall–Kier alpha value is -1.06. The van der Waals surface area contributed by atoms with Gasteiger partial charge in [0.25, 0.3) is 0 Å². The molecule has 3 nitrogen and oxygen atoms in total. The molecule has 0 bridgehead atoms. The van der Waals surface area contributed by atoms with Gasteiger partial charge in [-0.15, -0.1) is 0 Å².